The molecule has 0 unspecified atom stereocenters. The topological polar surface area (TPSA) is 21.3 Å². The summed E-state index contributed by atoms with van der Waals surface area (Å²) in [5, 5.41) is 3.34. The number of hydrogen-bond donors (Lipinski definition) is 1. The van der Waals surface area contributed by atoms with Crippen molar-refractivity contribution in [2.45, 2.75) is 12.5 Å². The first-order valence-electron chi connectivity index (χ1n) is 4.24. The van der Waals surface area contributed by atoms with Crippen LogP contribution in [0.3, 0.4) is 0 Å². The van der Waals surface area contributed by atoms with Crippen LogP contribution in [0, 0.1) is 0 Å². The van der Waals surface area contributed by atoms with Gasteiger partial charge < -0.3 is 10.1 Å². The molecule has 1 N–H and O–H groups in total. The Morgan fingerprint density at radius 3 is 3.08 bits per heavy atom. The molecule has 0 amide bonds. The second-order valence-electron chi connectivity index (χ2n) is 3.10. The fourth-order valence-electron chi connectivity index (χ4n) is 1.58. The third kappa shape index (κ3) is 1.30. The highest BCUT2D eigenvalue weighted by molar-refractivity contribution is 5.53. The van der Waals surface area contributed by atoms with Crippen molar-refractivity contribution in [1.82, 2.24) is 0 Å². The predicted octanol–water partition coefficient (Wildman–Crippen LogP) is 1.67. The van der Waals surface area contributed by atoms with Gasteiger partial charge in [0.25, 0.3) is 0 Å². The minimum Gasteiger partial charge on any atom is -0.382 e. The molecule has 1 aromatic carbocycles. The average Bonchev–Trinajstić information content (AvgIpc) is 2.17. The lowest BCUT2D eigenvalue weighted by Gasteiger charge is -2.24. The molecule has 0 bridgehead atoms. The van der Waals surface area contributed by atoms with Gasteiger partial charge in [-0.3, -0.25) is 0 Å². The molecule has 1 atom stereocenters. The molecular weight excluding hydrogens is 150 g/mol. The lowest BCUT2D eigenvalue weighted by molar-refractivity contribution is 0.111. The van der Waals surface area contributed by atoms with Crippen LogP contribution in [-0.2, 0) is 11.2 Å². The second-order valence-corrected chi connectivity index (χ2v) is 3.10. The Bertz CT molecular complexity index is 272. The summed E-state index contributed by atoms with van der Waals surface area (Å²) in [6, 6.07) is 8.38. The highest BCUT2D eigenvalue weighted by atomic mass is 16.5. The van der Waals surface area contributed by atoms with Crippen LogP contribution in [-0.4, -0.2) is 19.8 Å². The van der Waals surface area contributed by atoms with Crippen LogP contribution in [0.25, 0.3) is 0 Å². The Labute approximate surface area is 72.5 Å². The van der Waals surface area contributed by atoms with Gasteiger partial charge in [-0.15, -0.1) is 0 Å². The van der Waals surface area contributed by atoms with Gasteiger partial charge in [-0.2, -0.15) is 0 Å². The van der Waals surface area contributed by atoms with Crippen LogP contribution >= 0.6 is 0 Å². The number of fused-ring (bicyclic) bond motifs is 1. The molecule has 1 heterocycles. The third-order valence-electron chi connectivity index (χ3n) is 2.32. The molecule has 1 aliphatic rings. The standard InChI is InChI=1S/C10H13NO/c1-12-9-6-8-4-2-3-5-10(8)11-7-9/h2-5,9,11H,6-7H2,1H3/t9-/m0/s1. The van der Waals surface area contributed by atoms with E-state index in [1.807, 2.05) is 0 Å². The Morgan fingerprint density at radius 2 is 2.25 bits per heavy atom. The summed E-state index contributed by atoms with van der Waals surface area (Å²) in [6.07, 6.45) is 1.36. The first kappa shape index (κ1) is 7.62. The number of nitrogens with one attached hydrogen (secondary N) is 1. The molecule has 1 aromatic rings. The normalized spacial score (nSPS) is 21.2. The fraction of sp³-hybridized carbons (Fsp3) is 0.400. The summed E-state index contributed by atoms with van der Waals surface area (Å²) >= 11 is 0. The molecule has 0 saturated heterocycles. The fourth-order valence-corrected chi connectivity index (χ4v) is 1.58. The molecule has 0 aromatic heterocycles. The van der Waals surface area contributed by atoms with Crippen molar-refractivity contribution >= 4 is 5.69 Å². The Morgan fingerprint density at radius 1 is 1.42 bits per heavy atom. The lowest BCUT2D eigenvalue weighted by atomic mass is 10.0. The van der Waals surface area contributed by atoms with Crippen LogP contribution < -0.4 is 5.32 Å². The molecule has 2 rings (SSSR count). The highest BCUT2D eigenvalue weighted by Gasteiger charge is 2.16. The maximum Gasteiger partial charge on any atom is 0.0784 e. The summed E-state index contributed by atoms with van der Waals surface area (Å²) in [7, 11) is 1.76. The highest BCUT2D eigenvalue weighted by Crippen LogP contribution is 2.21. The van der Waals surface area contributed by atoms with E-state index in [9.17, 15) is 0 Å². The van der Waals surface area contributed by atoms with E-state index in [0.717, 1.165) is 13.0 Å². The number of anilines is 1. The van der Waals surface area contributed by atoms with Gasteiger partial charge in [0.2, 0.25) is 0 Å². The van der Waals surface area contributed by atoms with Crippen molar-refractivity contribution in [3.8, 4) is 0 Å². The average molecular weight is 163 g/mol. The van der Waals surface area contributed by atoms with Crippen LogP contribution in [0.5, 0.6) is 0 Å². The smallest absolute Gasteiger partial charge is 0.0784 e. The number of rotatable bonds is 1. The summed E-state index contributed by atoms with van der Waals surface area (Å²) in [5.74, 6) is 0. The quantitative estimate of drug-likeness (QED) is 0.680. The summed E-state index contributed by atoms with van der Waals surface area (Å²) in [5.41, 5.74) is 2.61. The van der Waals surface area contributed by atoms with E-state index in [0.29, 0.717) is 6.10 Å². The van der Waals surface area contributed by atoms with Crippen molar-refractivity contribution in [3.63, 3.8) is 0 Å². The Hall–Kier alpha value is -1.02. The van der Waals surface area contributed by atoms with Gasteiger partial charge in [0, 0.05) is 25.8 Å². The van der Waals surface area contributed by atoms with E-state index in [1.54, 1.807) is 7.11 Å². The van der Waals surface area contributed by atoms with Gasteiger partial charge >= 0.3 is 0 Å². The molecular formula is C10H13NO. The molecule has 0 spiro atoms. The van der Waals surface area contributed by atoms with Gasteiger partial charge in [0.1, 0.15) is 0 Å². The number of hydrogen-bond acceptors (Lipinski definition) is 2. The molecule has 64 valence electrons. The van der Waals surface area contributed by atoms with E-state index in [4.69, 9.17) is 4.74 Å². The van der Waals surface area contributed by atoms with Crippen LogP contribution in [0.1, 0.15) is 5.56 Å². The maximum atomic E-state index is 5.29. The largest absolute Gasteiger partial charge is 0.382 e. The van der Waals surface area contributed by atoms with Gasteiger partial charge in [0.15, 0.2) is 0 Å². The van der Waals surface area contributed by atoms with Gasteiger partial charge in [-0.25, -0.2) is 0 Å². The minimum atomic E-state index is 0.333. The molecule has 0 fully saturated rings. The van der Waals surface area contributed by atoms with E-state index in [1.165, 1.54) is 11.3 Å². The number of benzene rings is 1. The molecule has 12 heavy (non-hydrogen) atoms. The summed E-state index contributed by atoms with van der Waals surface area (Å²) in [4.78, 5) is 0. The van der Waals surface area contributed by atoms with Gasteiger partial charge in [-0.05, 0) is 11.6 Å². The molecule has 2 heteroatoms. The third-order valence-corrected chi connectivity index (χ3v) is 2.32. The number of para-hydroxylation sites is 1. The molecule has 2 nitrogen and oxygen atoms in total. The number of ether oxygens (including phenoxy) is 1. The predicted molar refractivity (Wildman–Crippen MR) is 49.4 cm³/mol. The van der Waals surface area contributed by atoms with Crippen molar-refractivity contribution in [2.75, 3.05) is 19.0 Å². The SMILES string of the molecule is CO[C@@H]1CNc2ccccc2C1. The van der Waals surface area contributed by atoms with Gasteiger partial charge in [-0.1, -0.05) is 18.2 Å². The van der Waals surface area contributed by atoms with Crippen molar-refractivity contribution in [3.05, 3.63) is 29.8 Å². The monoisotopic (exact) mass is 163 g/mol. The van der Waals surface area contributed by atoms with Crippen LogP contribution in [0.2, 0.25) is 0 Å². The summed E-state index contributed by atoms with van der Waals surface area (Å²) in [6.45, 7) is 0.924. The zero-order valence-corrected chi connectivity index (χ0v) is 7.21. The van der Waals surface area contributed by atoms with E-state index in [-0.39, 0.29) is 0 Å². The molecule has 0 aliphatic carbocycles. The maximum absolute atomic E-state index is 5.29. The van der Waals surface area contributed by atoms with Crippen LogP contribution in [0.4, 0.5) is 5.69 Å². The van der Waals surface area contributed by atoms with Crippen molar-refractivity contribution in [1.29, 1.82) is 0 Å². The molecule has 0 radical (unpaired) electrons. The number of methoxy groups -OCH3 is 1. The van der Waals surface area contributed by atoms with E-state index < -0.39 is 0 Å². The first-order valence-corrected chi connectivity index (χ1v) is 4.24. The van der Waals surface area contributed by atoms with E-state index in [2.05, 4.69) is 29.6 Å². The zero-order chi connectivity index (χ0) is 8.39. The van der Waals surface area contributed by atoms with Crippen molar-refractivity contribution < 1.29 is 4.74 Å². The minimum absolute atomic E-state index is 0.333. The lowest BCUT2D eigenvalue weighted by Crippen LogP contribution is -2.29. The van der Waals surface area contributed by atoms with Gasteiger partial charge in [0.05, 0.1) is 6.10 Å². The molecule has 1 aliphatic heterocycles. The Balaban J connectivity index is 2.23. The molecule has 0 saturated carbocycles. The second kappa shape index (κ2) is 3.15. The Kier molecular flexibility index (Phi) is 2.00. The summed E-state index contributed by atoms with van der Waals surface area (Å²) < 4.78 is 5.29. The van der Waals surface area contributed by atoms with E-state index >= 15 is 0 Å². The first-order chi connectivity index (χ1) is 5.90. The zero-order valence-electron chi connectivity index (χ0n) is 7.21. The van der Waals surface area contributed by atoms with Crippen LogP contribution in [0.15, 0.2) is 24.3 Å². The van der Waals surface area contributed by atoms with Crippen molar-refractivity contribution in [2.24, 2.45) is 0 Å².